The Labute approximate surface area is 116 Å². The number of hydrogen-bond acceptors (Lipinski definition) is 4. The van der Waals surface area contributed by atoms with E-state index < -0.39 is 0 Å². The van der Waals surface area contributed by atoms with Gasteiger partial charge in [-0.05, 0) is 38.7 Å². The molecule has 2 aromatic rings. The molecule has 2 heterocycles. The zero-order valence-corrected chi connectivity index (χ0v) is 12.2. The second-order valence-corrected chi connectivity index (χ2v) is 6.55. The van der Waals surface area contributed by atoms with Gasteiger partial charge in [0.2, 0.25) is 0 Å². The fourth-order valence-corrected chi connectivity index (χ4v) is 3.75. The molecule has 0 atom stereocenters. The molecule has 0 spiro atoms. The van der Waals surface area contributed by atoms with Crippen molar-refractivity contribution in [2.24, 2.45) is 0 Å². The molecular formula is C13H16ClN3S. The third-order valence-corrected chi connectivity index (χ3v) is 5.54. The summed E-state index contributed by atoms with van der Waals surface area (Å²) in [6, 6.07) is 0. The summed E-state index contributed by atoms with van der Waals surface area (Å²) in [6.45, 7) is 4.27. The van der Waals surface area contributed by atoms with Gasteiger partial charge in [0.15, 0.2) is 0 Å². The molecule has 1 fully saturated rings. The van der Waals surface area contributed by atoms with Crippen LogP contribution < -0.4 is 5.32 Å². The second-order valence-electron chi connectivity index (χ2n) is 5.08. The summed E-state index contributed by atoms with van der Waals surface area (Å²) in [5.74, 6) is 1.59. The molecule has 0 radical (unpaired) electrons. The fourth-order valence-electron chi connectivity index (χ4n) is 2.42. The van der Waals surface area contributed by atoms with Crippen LogP contribution in [0.3, 0.4) is 0 Å². The molecule has 3 rings (SSSR count). The van der Waals surface area contributed by atoms with Crippen molar-refractivity contribution in [3.05, 3.63) is 16.8 Å². The Kier molecular flexibility index (Phi) is 2.94. The number of rotatable bonds is 3. The van der Waals surface area contributed by atoms with Crippen molar-refractivity contribution in [1.82, 2.24) is 9.97 Å². The SMILES string of the molecule is Cc1sc2ncnc(NC3(CCl)CCC3)c2c1C. The van der Waals surface area contributed by atoms with E-state index >= 15 is 0 Å². The molecule has 3 nitrogen and oxygen atoms in total. The zero-order chi connectivity index (χ0) is 12.8. The maximum Gasteiger partial charge on any atom is 0.138 e. The summed E-state index contributed by atoms with van der Waals surface area (Å²) in [5, 5.41) is 4.73. The molecule has 2 aromatic heterocycles. The summed E-state index contributed by atoms with van der Waals surface area (Å²) in [6.07, 6.45) is 5.14. The van der Waals surface area contributed by atoms with Gasteiger partial charge in [-0.25, -0.2) is 9.97 Å². The summed E-state index contributed by atoms with van der Waals surface area (Å²) < 4.78 is 0. The van der Waals surface area contributed by atoms with Gasteiger partial charge in [-0.1, -0.05) is 0 Å². The van der Waals surface area contributed by atoms with Crippen LogP contribution in [0.25, 0.3) is 10.2 Å². The second kappa shape index (κ2) is 4.35. The summed E-state index contributed by atoms with van der Waals surface area (Å²) >= 11 is 7.83. The highest BCUT2D eigenvalue weighted by molar-refractivity contribution is 7.18. The Morgan fingerprint density at radius 3 is 2.78 bits per heavy atom. The Hall–Kier alpha value is -0.870. The van der Waals surface area contributed by atoms with Crippen LogP contribution in [0, 0.1) is 13.8 Å². The summed E-state index contributed by atoms with van der Waals surface area (Å²) in [7, 11) is 0. The van der Waals surface area contributed by atoms with E-state index in [-0.39, 0.29) is 5.54 Å². The van der Waals surface area contributed by atoms with Crippen LogP contribution >= 0.6 is 22.9 Å². The van der Waals surface area contributed by atoms with Crippen LogP contribution in [0.1, 0.15) is 29.7 Å². The maximum atomic E-state index is 6.10. The lowest BCUT2D eigenvalue weighted by atomic mass is 9.78. The zero-order valence-electron chi connectivity index (χ0n) is 10.6. The molecule has 0 aromatic carbocycles. The predicted molar refractivity (Wildman–Crippen MR) is 77.8 cm³/mol. The number of hydrogen-bond donors (Lipinski definition) is 1. The molecule has 1 aliphatic carbocycles. The Bertz CT molecular complexity index is 584. The third kappa shape index (κ3) is 1.79. The smallest absolute Gasteiger partial charge is 0.138 e. The first-order chi connectivity index (χ1) is 8.65. The average Bonchev–Trinajstić information content (AvgIpc) is 2.61. The molecule has 1 saturated carbocycles. The van der Waals surface area contributed by atoms with Gasteiger partial charge in [0.1, 0.15) is 17.0 Å². The highest BCUT2D eigenvalue weighted by Crippen LogP contribution is 2.39. The molecule has 5 heteroatoms. The number of nitrogens with one attached hydrogen (secondary N) is 1. The Morgan fingerprint density at radius 2 is 2.17 bits per heavy atom. The number of anilines is 1. The van der Waals surface area contributed by atoms with Crippen molar-refractivity contribution in [3.63, 3.8) is 0 Å². The molecule has 0 saturated heterocycles. The average molecular weight is 282 g/mol. The van der Waals surface area contributed by atoms with Gasteiger partial charge in [-0.3, -0.25) is 0 Å². The monoisotopic (exact) mass is 281 g/mol. The predicted octanol–water partition coefficient (Wildman–Crippen LogP) is 3.88. The molecule has 18 heavy (non-hydrogen) atoms. The van der Waals surface area contributed by atoms with Gasteiger partial charge >= 0.3 is 0 Å². The van der Waals surface area contributed by atoms with Crippen molar-refractivity contribution < 1.29 is 0 Å². The lowest BCUT2D eigenvalue weighted by molar-refractivity contribution is 0.310. The Morgan fingerprint density at radius 1 is 1.39 bits per heavy atom. The lowest BCUT2D eigenvalue weighted by Gasteiger charge is -2.41. The van der Waals surface area contributed by atoms with Crippen molar-refractivity contribution in [2.45, 2.75) is 38.6 Å². The normalized spacial score (nSPS) is 17.7. The summed E-state index contributed by atoms with van der Waals surface area (Å²) in [4.78, 5) is 11.1. The number of halogens is 1. The largest absolute Gasteiger partial charge is 0.363 e. The standard InChI is InChI=1S/C13H16ClN3S/c1-8-9(2)18-12-10(8)11(15-7-16-12)17-13(6-14)4-3-5-13/h7H,3-6H2,1-2H3,(H,15,16,17). The van der Waals surface area contributed by atoms with Crippen molar-refractivity contribution >= 4 is 39.0 Å². The van der Waals surface area contributed by atoms with E-state index in [9.17, 15) is 0 Å². The van der Waals surface area contributed by atoms with E-state index in [0.29, 0.717) is 5.88 Å². The van der Waals surface area contributed by atoms with Gasteiger partial charge in [0, 0.05) is 10.8 Å². The third-order valence-electron chi connectivity index (χ3n) is 3.92. The molecule has 96 valence electrons. The molecule has 0 amide bonds. The number of aryl methyl sites for hydroxylation is 2. The number of thiophene rings is 1. The summed E-state index contributed by atoms with van der Waals surface area (Å²) in [5.41, 5.74) is 1.33. The number of aromatic nitrogens is 2. The quantitative estimate of drug-likeness (QED) is 0.868. The molecule has 0 bridgehead atoms. The van der Waals surface area contributed by atoms with Gasteiger partial charge in [-0.2, -0.15) is 0 Å². The molecule has 1 N–H and O–H groups in total. The highest BCUT2D eigenvalue weighted by atomic mass is 35.5. The van der Waals surface area contributed by atoms with E-state index in [1.54, 1.807) is 17.7 Å². The fraction of sp³-hybridized carbons (Fsp3) is 0.538. The number of alkyl halides is 1. The van der Waals surface area contributed by atoms with E-state index in [1.807, 2.05) is 0 Å². The van der Waals surface area contributed by atoms with Crippen LogP contribution in [0.5, 0.6) is 0 Å². The van der Waals surface area contributed by atoms with Crippen LogP contribution in [0.4, 0.5) is 5.82 Å². The number of nitrogens with zero attached hydrogens (tertiary/aromatic N) is 2. The lowest BCUT2D eigenvalue weighted by Crippen LogP contribution is -2.47. The van der Waals surface area contributed by atoms with Crippen LogP contribution in [0.2, 0.25) is 0 Å². The molecule has 0 aliphatic heterocycles. The molecule has 1 aliphatic rings. The minimum atomic E-state index is 0.0467. The van der Waals surface area contributed by atoms with E-state index in [4.69, 9.17) is 11.6 Å². The Balaban J connectivity index is 2.06. The number of fused-ring (bicyclic) bond motifs is 1. The maximum absolute atomic E-state index is 6.10. The first-order valence-corrected chi connectivity index (χ1v) is 7.55. The molecule has 0 unspecified atom stereocenters. The minimum Gasteiger partial charge on any atom is -0.363 e. The van der Waals surface area contributed by atoms with Gasteiger partial charge < -0.3 is 5.32 Å². The first kappa shape index (κ1) is 12.2. The topological polar surface area (TPSA) is 37.8 Å². The van der Waals surface area contributed by atoms with Crippen LogP contribution in [-0.4, -0.2) is 21.4 Å². The van der Waals surface area contributed by atoms with Gasteiger partial charge in [0.25, 0.3) is 0 Å². The molecular weight excluding hydrogens is 266 g/mol. The van der Waals surface area contributed by atoms with Crippen LogP contribution in [-0.2, 0) is 0 Å². The van der Waals surface area contributed by atoms with Gasteiger partial charge in [0.05, 0.1) is 10.9 Å². The highest BCUT2D eigenvalue weighted by Gasteiger charge is 2.36. The van der Waals surface area contributed by atoms with Gasteiger partial charge in [-0.15, -0.1) is 22.9 Å². The van der Waals surface area contributed by atoms with Crippen molar-refractivity contribution in [1.29, 1.82) is 0 Å². The van der Waals surface area contributed by atoms with E-state index in [2.05, 4.69) is 29.1 Å². The van der Waals surface area contributed by atoms with Crippen molar-refractivity contribution in [3.8, 4) is 0 Å². The first-order valence-electron chi connectivity index (χ1n) is 6.20. The van der Waals surface area contributed by atoms with Crippen LogP contribution in [0.15, 0.2) is 6.33 Å². The minimum absolute atomic E-state index is 0.0467. The van der Waals surface area contributed by atoms with E-state index in [0.717, 1.165) is 28.9 Å². The van der Waals surface area contributed by atoms with Crippen molar-refractivity contribution in [2.75, 3.05) is 11.2 Å². The van der Waals surface area contributed by atoms with E-state index in [1.165, 1.54) is 16.9 Å².